The summed E-state index contributed by atoms with van der Waals surface area (Å²) < 4.78 is 0. The van der Waals surface area contributed by atoms with Crippen LogP contribution in [0.2, 0.25) is 0 Å². The highest BCUT2D eigenvalue weighted by atomic mass is 16.2. The maximum Gasteiger partial charge on any atom is 0.224 e. The highest BCUT2D eigenvalue weighted by Gasteiger charge is 2.14. The minimum Gasteiger partial charge on any atom is -0.337 e. The maximum atomic E-state index is 12.2. The first-order chi connectivity index (χ1) is 9.31. The maximum absolute atomic E-state index is 12.2. The van der Waals surface area contributed by atoms with Crippen molar-refractivity contribution >= 4 is 5.91 Å². The molecule has 0 bridgehead atoms. The van der Waals surface area contributed by atoms with Gasteiger partial charge in [0.1, 0.15) is 0 Å². The standard InChI is InChI=1S/C16H27N3O/c1-6-19(12-14-9-7-8-13(2)18-14)15(20)10-11-17-16(3,4)5/h7-9,17H,6,10-12H2,1-5H3. The number of pyridine rings is 1. The van der Waals surface area contributed by atoms with Crippen molar-refractivity contribution in [3.63, 3.8) is 0 Å². The van der Waals surface area contributed by atoms with Crippen molar-refractivity contribution < 1.29 is 4.79 Å². The zero-order valence-electron chi connectivity index (χ0n) is 13.4. The molecule has 4 heteroatoms. The van der Waals surface area contributed by atoms with Crippen molar-refractivity contribution in [3.8, 4) is 0 Å². The van der Waals surface area contributed by atoms with Crippen molar-refractivity contribution in [1.82, 2.24) is 15.2 Å². The fourth-order valence-electron chi connectivity index (χ4n) is 1.96. The second-order valence-corrected chi connectivity index (χ2v) is 6.10. The van der Waals surface area contributed by atoms with E-state index in [0.717, 1.165) is 11.4 Å². The third-order valence-corrected chi connectivity index (χ3v) is 3.03. The molecule has 1 aromatic rings. The van der Waals surface area contributed by atoms with Gasteiger partial charge in [0, 0.05) is 30.7 Å². The number of carbonyl (C=O) groups is 1. The SMILES string of the molecule is CCN(Cc1cccc(C)n1)C(=O)CCNC(C)(C)C. The lowest BCUT2D eigenvalue weighted by molar-refractivity contribution is -0.131. The number of carbonyl (C=O) groups excluding carboxylic acids is 1. The number of amides is 1. The number of aryl methyl sites for hydroxylation is 1. The molecule has 0 saturated carbocycles. The van der Waals surface area contributed by atoms with Crippen LogP contribution in [-0.4, -0.2) is 34.4 Å². The molecular weight excluding hydrogens is 250 g/mol. The van der Waals surface area contributed by atoms with E-state index >= 15 is 0 Å². The Labute approximate surface area is 122 Å². The van der Waals surface area contributed by atoms with E-state index in [9.17, 15) is 4.79 Å². The van der Waals surface area contributed by atoms with Crippen molar-refractivity contribution in [2.75, 3.05) is 13.1 Å². The topological polar surface area (TPSA) is 45.2 Å². The summed E-state index contributed by atoms with van der Waals surface area (Å²) in [5.74, 6) is 0.174. The summed E-state index contributed by atoms with van der Waals surface area (Å²) in [6.07, 6.45) is 0.525. The van der Waals surface area contributed by atoms with E-state index in [0.29, 0.717) is 26.1 Å². The van der Waals surface area contributed by atoms with Crippen LogP contribution in [0, 0.1) is 6.92 Å². The summed E-state index contributed by atoms with van der Waals surface area (Å²) >= 11 is 0. The van der Waals surface area contributed by atoms with E-state index in [2.05, 4.69) is 31.1 Å². The van der Waals surface area contributed by atoms with Gasteiger partial charge in [-0.2, -0.15) is 0 Å². The van der Waals surface area contributed by atoms with E-state index in [1.54, 1.807) is 0 Å². The minimum atomic E-state index is 0.0510. The second-order valence-electron chi connectivity index (χ2n) is 6.10. The Morgan fingerprint density at radius 1 is 1.35 bits per heavy atom. The predicted octanol–water partition coefficient (Wildman–Crippen LogP) is 2.52. The van der Waals surface area contributed by atoms with E-state index in [1.165, 1.54) is 0 Å². The molecule has 1 N–H and O–H groups in total. The molecule has 0 aliphatic rings. The number of hydrogen-bond acceptors (Lipinski definition) is 3. The van der Waals surface area contributed by atoms with Crippen LogP contribution < -0.4 is 5.32 Å². The Bertz CT molecular complexity index is 438. The van der Waals surface area contributed by atoms with Gasteiger partial charge in [0.25, 0.3) is 0 Å². The Morgan fingerprint density at radius 3 is 2.60 bits per heavy atom. The largest absolute Gasteiger partial charge is 0.337 e. The van der Waals surface area contributed by atoms with Crippen LogP contribution in [0.1, 0.15) is 45.5 Å². The van der Waals surface area contributed by atoms with E-state index < -0.39 is 0 Å². The third-order valence-electron chi connectivity index (χ3n) is 3.03. The smallest absolute Gasteiger partial charge is 0.224 e. The first-order valence-electron chi connectivity index (χ1n) is 7.27. The first kappa shape index (κ1) is 16.6. The summed E-state index contributed by atoms with van der Waals surface area (Å²) in [4.78, 5) is 18.5. The number of rotatable bonds is 6. The van der Waals surface area contributed by atoms with Gasteiger partial charge in [-0.15, -0.1) is 0 Å². The van der Waals surface area contributed by atoms with Gasteiger partial charge in [-0.25, -0.2) is 0 Å². The van der Waals surface area contributed by atoms with Gasteiger partial charge in [-0.05, 0) is 46.8 Å². The highest BCUT2D eigenvalue weighted by Crippen LogP contribution is 2.05. The lowest BCUT2D eigenvalue weighted by Crippen LogP contribution is -2.39. The van der Waals surface area contributed by atoms with Gasteiger partial charge in [-0.3, -0.25) is 9.78 Å². The first-order valence-corrected chi connectivity index (χ1v) is 7.27. The van der Waals surface area contributed by atoms with Crippen molar-refractivity contribution in [2.45, 2.75) is 53.1 Å². The van der Waals surface area contributed by atoms with Crippen LogP contribution in [0.3, 0.4) is 0 Å². The van der Waals surface area contributed by atoms with Crippen LogP contribution in [0.15, 0.2) is 18.2 Å². The van der Waals surface area contributed by atoms with Gasteiger partial charge < -0.3 is 10.2 Å². The molecule has 0 unspecified atom stereocenters. The molecule has 0 atom stereocenters. The van der Waals surface area contributed by atoms with Gasteiger partial charge >= 0.3 is 0 Å². The van der Waals surface area contributed by atoms with Crippen LogP contribution in [0.25, 0.3) is 0 Å². The van der Waals surface area contributed by atoms with Gasteiger partial charge in [-0.1, -0.05) is 6.07 Å². The lowest BCUT2D eigenvalue weighted by atomic mass is 10.1. The molecule has 0 saturated heterocycles. The summed E-state index contributed by atoms with van der Waals surface area (Å²) in [5, 5.41) is 3.34. The van der Waals surface area contributed by atoms with Gasteiger partial charge in [0.15, 0.2) is 0 Å². The zero-order valence-corrected chi connectivity index (χ0v) is 13.4. The molecule has 112 valence electrons. The summed E-state index contributed by atoms with van der Waals surface area (Å²) in [6, 6.07) is 5.92. The lowest BCUT2D eigenvalue weighted by Gasteiger charge is -2.23. The number of nitrogens with one attached hydrogen (secondary N) is 1. The second kappa shape index (κ2) is 7.39. The molecule has 4 nitrogen and oxygen atoms in total. The fraction of sp³-hybridized carbons (Fsp3) is 0.625. The van der Waals surface area contributed by atoms with Gasteiger partial charge in [0.05, 0.1) is 12.2 Å². The van der Waals surface area contributed by atoms with Crippen LogP contribution in [0.5, 0.6) is 0 Å². The van der Waals surface area contributed by atoms with Crippen LogP contribution in [0.4, 0.5) is 0 Å². The fourth-order valence-corrected chi connectivity index (χ4v) is 1.96. The summed E-state index contributed by atoms with van der Waals surface area (Å²) in [7, 11) is 0. The Hall–Kier alpha value is -1.42. The van der Waals surface area contributed by atoms with E-state index in [-0.39, 0.29) is 11.4 Å². The quantitative estimate of drug-likeness (QED) is 0.869. The van der Waals surface area contributed by atoms with Crippen molar-refractivity contribution in [3.05, 3.63) is 29.6 Å². The Kier molecular flexibility index (Phi) is 6.14. The average molecular weight is 277 g/mol. The summed E-state index contributed by atoms with van der Waals surface area (Å²) in [5.41, 5.74) is 1.99. The molecule has 1 aromatic heterocycles. The van der Waals surface area contributed by atoms with E-state index in [4.69, 9.17) is 0 Å². The van der Waals surface area contributed by atoms with Gasteiger partial charge in [0.2, 0.25) is 5.91 Å². The predicted molar refractivity (Wildman–Crippen MR) is 82.4 cm³/mol. The average Bonchev–Trinajstić information content (AvgIpc) is 2.34. The normalized spacial score (nSPS) is 11.4. The third kappa shape index (κ3) is 6.15. The van der Waals surface area contributed by atoms with Crippen LogP contribution in [-0.2, 0) is 11.3 Å². The molecule has 0 spiro atoms. The molecule has 0 aromatic carbocycles. The summed E-state index contributed by atoms with van der Waals surface area (Å²) in [6.45, 7) is 12.3. The van der Waals surface area contributed by atoms with E-state index in [1.807, 2.05) is 36.9 Å². The molecule has 0 radical (unpaired) electrons. The number of nitrogens with zero attached hydrogens (tertiary/aromatic N) is 2. The minimum absolute atomic E-state index is 0.0510. The van der Waals surface area contributed by atoms with Crippen LogP contribution >= 0.6 is 0 Å². The Balaban J connectivity index is 2.51. The molecular formula is C16H27N3O. The number of aromatic nitrogens is 1. The Morgan fingerprint density at radius 2 is 2.05 bits per heavy atom. The molecule has 0 aliphatic heterocycles. The highest BCUT2D eigenvalue weighted by molar-refractivity contribution is 5.76. The number of hydrogen-bond donors (Lipinski definition) is 1. The molecule has 1 rings (SSSR count). The molecule has 1 heterocycles. The van der Waals surface area contributed by atoms with Crippen molar-refractivity contribution in [1.29, 1.82) is 0 Å². The molecule has 1 amide bonds. The van der Waals surface area contributed by atoms with Crippen molar-refractivity contribution in [2.24, 2.45) is 0 Å². The zero-order chi connectivity index (χ0) is 15.2. The molecule has 0 aliphatic carbocycles. The molecule has 0 fully saturated rings. The molecule has 20 heavy (non-hydrogen) atoms. The monoisotopic (exact) mass is 277 g/mol.